The van der Waals surface area contributed by atoms with Gasteiger partial charge in [0.15, 0.2) is 0 Å². The summed E-state index contributed by atoms with van der Waals surface area (Å²) in [4.78, 5) is 0.0922. The summed E-state index contributed by atoms with van der Waals surface area (Å²) in [5.74, 6) is 0. The molecule has 0 bridgehead atoms. The van der Waals surface area contributed by atoms with Gasteiger partial charge in [0, 0.05) is 22.7 Å². The highest BCUT2D eigenvalue weighted by Gasteiger charge is 2.37. The van der Waals surface area contributed by atoms with Gasteiger partial charge < -0.3 is 5.32 Å². The van der Waals surface area contributed by atoms with Crippen LogP contribution in [0.2, 0.25) is 10.0 Å². The Morgan fingerprint density at radius 1 is 1.29 bits per heavy atom. The zero-order valence-corrected chi connectivity index (χ0v) is 14.5. The Bertz CT molecular complexity index is 628. The first-order valence-electron chi connectivity index (χ1n) is 7.01. The molecule has 0 aromatic heterocycles. The number of benzene rings is 1. The van der Waals surface area contributed by atoms with Gasteiger partial charge in [-0.05, 0) is 44.9 Å². The minimum absolute atomic E-state index is 0.0922. The second kappa shape index (κ2) is 6.42. The molecule has 0 heterocycles. The fraction of sp³-hybridized carbons (Fsp3) is 0.571. The van der Waals surface area contributed by atoms with Crippen molar-refractivity contribution in [1.29, 1.82) is 0 Å². The third-order valence-corrected chi connectivity index (χ3v) is 6.41. The Labute approximate surface area is 136 Å². The highest BCUT2D eigenvalue weighted by Crippen LogP contribution is 2.35. The molecule has 0 aliphatic heterocycles. The fourth-order valence-corrected chi connectivity index (χ4v) is 4.76. The molecule has 1 aliphatic rings. The number of rotatable bonds is 6. The molecule has 1 aromatic carbocycles. The molecule has 0 unspecified atom stereocenters. The summed E-state index contributed by atoms with van der Waals surface area (Å²) in [6.45, 7) is 5.06. The molecule has 1 aromatic rings. The SMILES string of the molecule is CCNCc1c(Cl)ccc(S(=O)(=O)NC2(C)CCC2)c1Cl. The summed E-state index contributed by atoms with van der Waals surface area (Å²) in [5, 5.41) is 3.77. The van der Waals surface area contributed by atoms with Gasteiger partial charge in [-0.3, -0.25) is 0 Å². The predicted molar refractivity (Wildman–Crippen MR) is 86.4 cm³/mol. The Balaban J connectivity index is 2.34. The maximum absolute atomic E-state index is 12.5. The van der Waals surface area contributed by atoms with Crippen molar-refractivity contribution in [3.8, 4) is 0 Å². The van der Waals surface area contributed by atoms with E-state index >= 15 is 0 Å². The maximum atomic E-state index is 12.5. The molecule has 7 heteroatoms. The van der Waals surface area contributed by atoms with Crippen molar-refractivity contribution in [3.05, 3.63) is 27.7 Å². The number of nitrogens with one attached hydrogen (secondary N) is 2. The van der Waals surface area contributed by atoms with E-state index in [1.54, 1.807) is 6.07 Å². The molecule has 118 valence electrons. The Kier molecular flexibility index (Phi) is 5.21. The second-order valence-electron chi connectivity index (χ2n) is 5.64. The third kappa shape index (κ3) is 3.71. The van der Waals surface area contributed by atoms with Gasteiger partial charge in [-0.15, -0.1) is 0 Å². The zero-order valence-electron chi connectivity index (χ0n) is 12.2. The van der Waals surface area contributed by atoms with Crippen LogP contribution in [-0.2, 0) is 16.6 Å². The highest BCUT2D eigenvalue weighted by atomic mass is 35.5. The van der Waals surface area contributed by atoms with Gasteiger partial charge in [0.25, 0.3) is 0 Å². The number of sulfonamides is 1. The maximum Gasteiger partial charge on any atom is 0.242 e. The van der Waals surface area contributed by atoms with Crippen molar-refractivity contribution in [1.82, 2.24) is 10.0 Å². The summed E-state index contributed by atoms with van der Waals surface area (Å²) in [6, 6.07) is 3.04. The topological polar surface area (TPSA) is 58.2 Å². The van der Waals surface area contributed by atoms with E-state index in [0.29, 0.717) is 17.1 Å². The van der Waals surface area contributed by atoms with Crippen LogP contribution < -0.4 is 10.0 Å². The molecular formula is C14H20Cl2N2O2S. The van der Waals surface area contributed by atoms with Crippen molar-refractivity contribution in [2.24, 2.45) is 0 Å². The fourth-order valence-electron chi connectivity index (χ4n) is 2.38. The van der Waals surface area contributed by atoms with Gasteiger partial charge in [0.05, 0.1) is 5.02 Å². The minimum Gasteiger partial charge on any atom is -0.313 e. The van der Waals surface area contributed by atoms with E-state index in [0.717, 1.165) is 25.8 Å². The summed E-state index contributed by atoms with van der Waals surface area (Å²) < 4.78 is 27.8. The Morgan fingerprint density at radius 3 is 2.48 bits per heavy atom. The van der Waals surface area contributed by atoms with Gasteiger partial charge in [-0.2, -0.15) is 0 Å². The average molecular weight is 351 g/mol. The number of halogens is 2. The summed E-state index contributed by atoms with van der Waals surface area (Å²) >= 11 is 12.4. The van der Waals surface area contributed by atoms with E-state index in [1.807, 2.05) is 13.8 Å². The second-order valence-corrected chi connectivity index (χ2v) is 8.07. The molecule has 0 amide bonds. The molecule has 1 aliphatic carbocycles. The molecule has 21 heavy (non-hydrogen) atoms. The van der Waals surface area contributed by atoms with Crippen molar-refractivity contribution >= 4 is 33.2 Å². The molecule has 1 saturated carbocycles. The van der Waals surface area contributed by atoms with Crippen molar-refractivity contribution in [2.75, 3.05) is 6.54 Å². The first-order chi connectivity index (χ1) is 9.79. The number of hydrogen-bond acceptors (Lipinski definition) is 3. The first kappa shape index (κ1) is 17.0. The van der Waals surface area contributed by atoms with Crippen LogP contribution in [0.15, 0.2) is 17.0 Å². The Hall–Kier alpha value is -0.330. The third-order valence-electron chi connectivity index (χ3n) is 3.83. The van der Waals surface area contributed by atoms with Gasteiger partial charge in [-0.25, -0.2) is 13.1 Å². The number of hydrogen-bond donors (Lipinski definition) is 2. The van der Waals surface area contributed by atoms with Crippen molar-refractivity contribution in [2.45, 2.75) is 50.1 Å². The molecule has 0 saturated heterocycles. The van der Waals surface area contributed by atoms with Gasteiger partial charge in [-0.1, -0.05) is 30.1 Å². The normalized spacial score (nSPS) is 17.5. The first-order valence-corrected chi connectivity index (χ1v) is 9.24. The summed E-state index contributed by atoms with van der Waals surface area (Å²) in [7, 11) is -3.64. The zero-order chi connectivity index (χ0) is 15.7. The van der Waals surface area contributed by atoms with Gasteiger partial charge in [0.2, 0.25) is 10.0 Å². The van der Waals surface area contributed by atoms with E-state index in [2.05, 4.69) is 10.0 Å². The lowest BCUT2D eigenvalue weighted by molar-refractivity contribution is 0.248. The molecule has 2 N–H and O–H groups in total. The van der Waals surface area contributed by atoms with Crippen LogP contribution >= 0.6 is 23.2 Å². The highest BCUT2D eigenvalue weighted by molar-refractivity contribution is 7.89. The van der Waals surface area contributed by atoms with Crippen LogP contribution in [0, 0.1) is 0 Å². The van der Waals surface area contributed by atoms with Gasteiger partial charge >= 0.3 is 0 Å². The molecule has 1 fully saturated rings. The van der Waals surface area contributed by atoms with Crippen molar-refractivity contribution in [3.63, 3.8) is 0 Å². The summed E-state index contributed by atoms with van der Waals surface area (Å²) in [5.41, 5.74) is 0.255. The lowest BCUT2D eigenvalue weighted by atomic mass is 9.80. The quantitative estimate of drug-likeness (QED) is 0.827. The van der Waals surface area contributed by atoms with E-state index < -0.39 is 10.0 Å². The van der Waals surface area contributed by atoms with Crippen LogP contribution in [0.4, 0.5) is 0 Å². The standard InChI is InChI=1S/C14H20Cl2N2O2S/c1-3-17-9-10-11(15)5-6-12(13(10)16)21(19,20)18-14(2)7-4-8-14/h5-6,17-18H,3-4,7-9H2,1-2H3. The molecule has 4 nitrogen and oxygen atoms in total. The van der Waals surface area contributed by atoms with Crippen LogP contribution in [0.5, 0.6) is 0 Å². The largest absolute Gasteiger partial charge is 0.313 e. The lowest BCUT2D eigenvalue weighted by Crippen LogP contribution is -2.50. The monoisotopic (exact) mass is 350 g/mol. The average Bonchev–Trinajstić information content (AvgIpc) is 2.36. The van der Waals surface area contributed by atoms with Crippen molar-refractivity contribution < 1.29 is 8.42 Å². The molecule has 0 atom stereocenters. The van der Waals surface area contributed by atoms with E-state index in [4.69, 9.17) is 23.2 Å². The van der Waals surface area contributed by atoms with E-state index in [-0.39, 0.29) is 15.5 Å². The minimum atomic E-state index is -3.64. The van der Waals surface area contributed by atoms with Crippen LogP contribution in [0.3, 0.4) is 0 Å². The predicted octanol–water partition coefficient (Wildman–Crippen LogP) is 3.32. The Morgan fingerprint density at radius 2 is 1.95 bits per heavy atom. The van der Waals surface area contributed by atoms with Crippen LogP contribution in [-0.4, -0.2) is 20.5 Å². The smallest absolute Gasteiger partial charge is 0.242 e. The van der Waals surface area contributed by atoms with Crippen LogP contribution in [0.25, 0.3) is 0 Å². The molecular weight excluding hydrogens is 331 g/mol. The molecule has 2 rings (SSSR count). The molecule has 0 spiro atoms. The summed E-state index contributed by atoms with van der Waals surface area (Å²) in [6.07, 6.45) is 2.74. The molecule has 0 radical (unpaired) electrons. The van der Waals surface area contributed by atoms with Crippen LogP contribution in [0.1, 0.15) is 38.7 Å². The lowest BCUT2D eigenvalue weighted by Gasteiger charge is -2.38. The van der Waals surface area contributed by atoms with Gasteiger partial charge in [0.1, 0.15) is 4.90 Å². The van der Waals surface area contributed by atoms with E-state index in [9.17, 15) is 8.42 Å². The van der Waals surface area contributed by atoms with E-state index in [1.165, 1.54) is 6.07 Å².